The standard InChI is InChI=1S/C11H16ClNO2/c1-9(2)14-5-6-15-11-4-3-10(7-12)8-13-11/h3-4,8-9H,5-7H2,1-2H3. The maximum Gasteiger partial charge on any atom is 0.213 e. The van der Waals surface area contributed by atoms with Crippen molar-refractivity contribution in [2.75, 3.05) is 13.2 Å². The predicted molar refractivity (Wildman–Crippen MR) is 60.4 cm³/mol. The van der Waals surface area contributed by atoms with Gasteiger partial charge >= 0.3 is 0 Å². The molecule has 0 bridgehead atoms. The molecule has 0 aliphatic carbocycles. The van der Waals surface area contributed by atoms with Crippen molar-refractivity contribution >= 4 is 11.6 Å². The van der Waals surface area contributed by atoms with E-state index in [0.29, 0.717) is 25.0 Å². The smallest absolute Gasteiger partial charge is 0.213 e. The molecule has 84 valence electrons. The van der Waals surface area contributed by atoms with Gasteiger partial charge in [-0.25, -0.2) is 4.98 Å². The van der Waals surface area contributed by atoms with Gasteiger partial charge in [-0.15, -0.1) is 11.6 Å². The first-order valence-electron chi connectivity index (χ1n) is 4.97. The van der Waals surface area contributed by atoms with E-state index in [1.165, 1.54) is 0 Å². The average Bonchev–Trinajstić information content (AvgIpc) is 2.25. The number of alkyl halides is 1. The molecule has 0 unspecified atom stereocenters. The van der Waals surface area contributed by atoms with Gasteiger partial charge in [-0.3, -0.25) is 0 Å². The minimum absolute atomic E-state index is 0.236. The zero-order valence-corrected chi connectivity index (χ0v) is 9.83. The van der Waals surface area contributed by atoms with Crippen LogP contribution in [-0.2, 0) is 10.6 Å². The monoisotopic (exact) mass is 229 g/mol. The summed E-state index contributed by atoms with van der Waals surface area (Å²) in [5, 5.41) is 0. The Bertz CT molecular complexity index is 274. The Labute approximate surface area is 95.4 Å². The molecule has 0 aliphatic rings. The highest BCUT2D eigenvalue weighted by Gasteiger charge is 1.97. The SMILES string of the molecule is CC(C)OCCOc1ccc(CCl)cn1. The van der Waals surface area contributed by atoms with E-state index in [-0.39, 0.29) is 6.10 Å². The molecule has 1 rings (SSSR count). The van der Waals surface area contributed by atoms with Crippen molar-refractivity contribution in [1.82, 2.24) is 4.98 Å². The molecule has 0 aliphatic heterocycles. The molecule has 1 aromatic rings. The van der Waals surface area contributed by atoms with Crippen molar-refractivity contribution in [2.24, 2.45) is 0 Å². The summed E-state index contributed by atoms with van der Waals surface area (Å²) >= 11 is 5.64. The summed E-state index contributed by atoms with van der Waals surface area (Å²) in [7, 11) is 0. The molecule has 15 heavy (non-hydrogen) atoms. The first kappa shape index (κ1) is 12.3. The summed E-state index contributed by atoms with van der Waals surface area (Å²) in [6.45, 7) is 5.09. The van der Waals surface area contributed by atoms with Crippen molar-refractivity contribution in [1.29, 1.82) is 0 Å². The maximum absolute atomic E-state index is 5.64. The van der Waals surface area contributed by atoms with Gasteiger partial charge in [0.2, 0.25) is 5.88 Å². The first-order chi connectivity index (χ1) is 7.22. The third-order valence-corrected chi connectivity index (χ3v) is 2.04. The molecule has 0 saturated heterocycles. The van der Waals surface area contributed by atoms with Gasteiger partial charge in [0, 0.05) is 18.1 Å². The van der Waals surface area contributed by atoms with Crippen LogP contribution in [0.3, 0.4) is 0 Å². The number of pyridine rings is 1. The van der Waals surface area contributed by atoms with Gasteiger partial charge in [-0.2, -0.15) is 0 Å². The zero-order chi connectivity index (χ0) is 11.1. The third-order valence-electron chi connectivity index (χ3n) is 1.74. The fraction of sp³-hybridized carbons (Fsp3) is 0.545. The Morgan fingerprint density at radius 1 is 1.33 bits per heavy atom. The molecule has 1 aromatic heterocycles. The summed E-state index contributed by atoms with van der Waals surface area (Å²) in [4.78, 5) is 4.10. The Balaban J connectivity index is 2.25. The van der Waals surface area contributed by atoms with Crippen LogP contribution >= 0.6 is 11.6 Å². The van der Waals surface area contributed by atoms with Crippen LogP contribution in [0.1, 0.15) is 19.4 Å². The molecule has 1 heterocycles. The summed E-state index contributed by atoms with van der Waals surface area (Å²) in [5.41, 5.74) is 0.988. The van der Waals surface area contributed by atoms with E-state index >= 15 is 0 Å². The van der Waals surface area contributed by atoms with Gasteiger partial charge in [0.25, 0.3) is 0 Å². The molecule has 0 amide bonds. The van der Waals surface area contributed by atoms with Crippen molar-refractivity contribution in [3.63, 3.8) is 0 Å². The minimum atomic E-state index is 0.236. The highest BCUT2D eigenvalue weighted by molar-refractivity contribution is 6.17. The van der Waals surface area contributed by atoms with Gasteiger partial charge in [-0.1, -0.05) is 6.07 Å². The van der Waals surface area contributed by atoms with E-state index in [1.807, 2.05) is 26.0 Å². The van der Waals surface area contributed by atoms with E-state index in [9.17, 15) is 0 Å². The molecule has 0 fully saturated rings. The van der Waals surface area contributed by atoms with Crippen LogP contribution in [0, 0.1) is 0 Å². The molecule has 0 spiro atoms. The van der Waals surface area contributed by atoms with Gasteiger partial charge in [0.15, 0.2) is 0 Å². The van der Waals surface area contributed by atoms with Crippen molar-refractivity contribution in [2.45, 2.75) is 25.8 Å². The number of aromatic nitrogens is 1. The number of hydrogen-bond donors (Lipinski definition) is 0. The molecule has 0 aromatic carbocycles. The molecule has 3 nitrogen and oxygen atoms in total. The number of hydrogen-bond acceptors (Lipinski definition) is 3. The van der Waals surface area contributed by atoms with Crippen LogP contribution in [0.2, 0.25) is 0 Å². The van der Waals surface area contributed by atoms with Crippen molar-refractivity contribution < 1.29 is 9.47 Å². The Morgan fingerprint density at radius 3 is 2.67 bits per heavy atom. The quantitative estimate of drug-likeness (QED) is 0.555. The van der Waals surface area contributed by atoms with E-state index in [2.05, 4.69) is 4.98 Å². The maximum atomic E-state index is 5.64. The molecule has 4 heteroatoms. The Kier molecular flexibility index (Phi) is 5.43. The molecule has 0 N–H and O–H groups in total. The predicted octanol–water partition coefficient (Wildman–Crippen LogP) is 2.62. The second-order valence-corrected chi connectivity index (χ2v) is 3.67. The first-order valence-corrected chi connectivity index (χ1v) is 5.51. The van der Waals surface area contributed by atoms with Gasteiger partial charge in [0.1, 0.15) is 6.61 Å². The highest BCUT2D eigenvalue weighted by Crippen LogP contribution is 2.08. The van der Waals surface area contributed by atoms with Crippen LogP contribution in [0.4, 0.5) is 0 Å². The molecule has 0 saturated carbocycles. The minimum Gasteiger partial charge on any atom is -0.475 e. The topological polar surface area (TPSA) is 31.4 Å². The number of rotatable bonds is 6. The highest BCUT2D eigenvalue weighted by atomic mass is 35.5. The third kappa shape index (κ3) is 5.00. The normalized spacial score (nSPS) is 10.7. The van der Waals surface area contributed by atoms with Crippen LogP contribution in [0.25, 0.3) is 0 Å². The van der Waals surface area contributed by atoms with Gasteiger partial charge in [-0.05, 0) is 19.4 Å². The second kappa shape index (κ2) is 6.64. The van der Waals surface area contributed by atoms with E-state index in [0.717, 1.165) is 5.56 Å². The average molecular weight is 230 g/mol. The Morgan fingerprint density at radius 2 is 2.13 bits per heavy atom. The second-order valence-electron chi connectivity index (χ2n) is 3.41. The van der Waals surface area contributed by atoms with Gasteiger partial charge < -0.3 is 9.47 Å². The van der Waals surface area contributed by atoms with Crippen LogP contribution < -0.4 is 4.74 Å². The lowest BCUT2D eigenvalue weighted by Gasteiger charge is -2.08. The largest absolute Gasteiger partial charge is 0.475 e. The fourth-order valence-electron chi connectivity index (χ4n) is 1.01. The van der Waals surface area contributed by atoms with Crippen LogP contribution in [-0.4, -0.2) is 24.3 Å². The van der Waals surface area contributed by atoms with Crippen LogP contribution in [0.15, 0.2) is 18.3 Å². The van der Waals surface area contributed by atoms with E-state index < -0.39 is 0 Å². The number of ether oxygens (including phenoxy) is 2. The van der Waals surface area contributed by atoms with Crippen molar-refractivity contribution in [3.8, 4) is 5.88 Å². The molecule has 0 atom stereocenters. The lowest BCUT2D eigenvalue weighted by Crippen LogP contribution is -2.11. The lowest BCUT2D eigenvalue weighted by atomic mass is 10.3. The van der Waals surface area contributed by atoms with E-state index in [4.69, 9.17) is 21.1 Å². The lowest BCUT2D eigenvalue weighted by molar-refractivity contribution is 0.0542. The van der Waals surface area contributed by atoms with Crippen molar-refractivity contribution in [3.05, 3.63) is 23.9 Å². The molecular formula is C11H16ClNO2. The molecular weight excluding hydrogens is 214 g/mol. The molecule has 0 radical (unpaired) electrons. The summed E-state index contributed by atoms with van der Waals surface area (Å²) in [5.74, 6) is 1.08. The summed E-state index contributed by atoms with van der Waals surface area (Å²) in [6, 6.07) is 3.71. The number of halogens is 1. The van der Waals surface area contributed by atoms with Gasteiger partial charge in [0.05, 0.1) is 12.7 Å². The number of nitrogens with zero attached hydrogens (tertiary/aromatic N) is 1. The van der Waals surface area contributed by atoms with E-state index in [1.54, 1.807) is 6.20 Å². The summed E-state index contributed by atoms with van der Waals surface area (Å²) < 4.78 is 10.7. The fourth-order valence-corrected chi connectivity index (χ4v) is 1.16. The zero-order valence-electron chi connectivity index (χ0n) is 9.07. The Hall–Kier alpha value is -0.800. The summed E-state index contributed by atoms with van der Waals surface area (Å²) in [6.07, 6.45) is 1.95. The van der Waals surface area contributed by atoms with Crippen LogP contribution in [0.5, 0.6) is 5.88 Å².